The van der Waals surface area contributed by atoms with Crippen LogP contribution in [0.25, 0.3) is 22.3 Å². The molecule has 0 saturated carbocycles. The lowest BCUT2D eigenvalue weighted by atomic mass is 9.97. The summed E-state index contributed by atoms with van der Waals surface area (Å²) in [5.41, 5.74) is -1.22. The highest BCUT2D eigenvalue weighted by molar-refractivity contribution is 5.91. The van der Waals surface area contributed by atoms with Crippen molar-refractivity contribution in [2.75, 3.05) is 13.4 Å². The molecule has 2 aromatic carbocycles. The first-order chi connectivity index (χ1) is 21.4. The summed E-state index contributed by atoms with van der Waals surface area (Å²) in [6.07, 6.45) is -16.7. The fourth-order valence-electron chi connectivity index (χ4n) is 5.33. The molecule has 17 nitrogen and oxygen atoms in total. The van der Waals surface area contributed by atoms with Gasteiger partial charge in [0, 0.05) is 11.6 Å². The second-order valence-corrected chi connectivity index (χ2v) is 10.7. The molecule has 0 unspecified atom stereocenters. The fraction of sp³-hybridized carbons (Fsp3) is 0.464. The Kier molecular flexibility index (Phi) is 8.14. The van der Waals surface area contributed by atoms with Crippen LogP contribution in [-0.2, 0) is 14.2 Å². The third kappa shape index (κ3) is 5.27. The molecule has 6 rings (SSSR count). The van der Waals surface area contributed by atoms with Gasteiger partial charge in [0.1, 0.15) is 47.6 Å². The maximum Gasteiger partial charge on any atom is 0.239 e. The summed E-state index contributed by atoms with van der Waals surface area (Å²) in [4.78, 5) is 14.0. The molecule has 0 amide bonds. The van der Waals surface area contributed by atoms with Crippen molar-refractivity contribution in [1.82, 2.24) is 0 Å². The van der Waals surface area contributed by atoms with Gasteiger partial charge in [0.05, 0.1) is 12.7 Å². The number of aromatic hydroxyl groups is 3. The number of phenols is 3. The van der Waals surface area contributed by atoms with Gasteiger partial charge in [-0.05, 0) is 25.1 Å². The summed E-state index contributed by atoms with van der Waals surface area (Å²) in [7, 11) is 0. The number of benzene rings is 2. The number of aliphatic hydroxyl groups excluding tert-OH is 6. The molecular formula is C28H30O17. The predicted molar refractivity (Wildman–Crippen MR) is 145 cm³/mol. The fourth-order valence-corrected chi connectivity index (χ4v) is 5.33. The Morgan fingerprint density at radius 2 is 1.62 bits per heavy atom. The lowest BCUT2D eigenvalue weighted by Gasteiger charge is -2.45. The summed E-state index contributed by atoms with van der Waals surface area (Å²) in [6, 6.07) is 4.69. The van der Waals surface area contributed by atoms with Crippen molar-refractivity contribution in [3.63, 3.8) is 0 Å². The van der Waals surface area contributed by atoms with Crippen molar-refractivity contribution >= 4 is 11.0 Å². The minimum atomic E-state index is -1.91. The molecule has 3 aromatic rings. The van der Waals surface area contributed by atoms with Crippen LogP contribution in [0.4, 0.5) is 0 Å². The van der Waals surface area contributed by atoms with Crippen LogP contribution in [0.5, 0.6) is 34.5 Å². The van der Waals surface area contributed by atoms with Gasteiger partial charge in [-0.25, -0.2) is 0 Å². The molecule has 2 saturated heterocycles. The largest absolute Gasteiger partial charge is 0.504 e. The van der Waals surface area contributed by atoms with E-state index in [1.54, 1.807) is 0 Å². The molecule has 45 heavy (non-hydrogen) atoms. The third-order valence-corrected chi connectivity index (χ3v) is 7.85. The van der Waals surface area contributed by atoms with Gasteiger partial charge in [0.15, 0.2) is 41.2 Å². The van der Waals surface area contributed by atoms with E-state index >= 15 is 0 Å². The van der Waals surface area contributed by atoms with Crippen LogP contribution in [0.1, 0.15) is 6.92 Å². The highest BCUT2D eigenvalue weighted by atomic mass is 16.8. The van der Waals surface area contributed by atoms with Gasteiger partial charge in [0.2, 0.25) is 30.0 Å². The molecule has 0 aliphatic carbocycles. The number of aliphatic hydroxyl groups is 6. The Hall–Kier alpha value is -3.91. The molecule has 0 bridgehead atoms. The van der Waals surface area contributed by atoms with Crippen LogP contribution in [0, 0.1) is 0 Å². The van der Waals surface area contributed by atoms with E-state index in [1.807, 2.05) is 0 Å². The van der Waals surface area contributed by atoms with Crippen molar-refractivity contribution < 1.29 is 78.8 Å². The first-order valence-corrected chi connectivity index (χ1v) is 13.7. The van der Waals surface area contributed by atoms with Gasteiger partial charge in [0.25, 0.3) is 0 Å². The molecular weight excluding hydrogens is 608 g/mol. The molecule has 2 fully saturated rings. The molecule has 9 N–H and O–H groups in total. The number of hydrogen-bond acceptors (Lipinski definition) is 17. The Morgan fingerprint density at radius 1 is 0.867 bits per heavy atom. The molecule has 3 aliphatic heterocycles. The van der Waals surface area contributed by atoms with Crippen LogP contribution in [0.2, 0.25) is 0 Å². The van der Waals surface area contributed by atoms with E-state index < -0.39 is 102 Å². The zero-order valence-electron chi connectivity index (χ0n) is 23.3. The first kappa shape index (κ1) is 31.1. The summed E-state index contributed by atoms with van der Waals surface area (Å²) in [5, 5.41) is 92.7. The standard InChI is InChI=1S/C28H30O17/c1-8-16(32)20(36)22(38)27(41-8)45-26-21(37)17(33)14(6-29)43-28(26)44-25-19(35)15-12(5-13-24(18(15)34)40-7-39-13)42-23(25)9-2-3-10(30)11(31)4-9/h2-5,8,14,16-17,20-22,26-34,36-38H,6-7H2,1H3/t8-,14+,16-,17+,20+,21-,22+,26+,27-,28-/m0/s1. The van der Waals surface area contributed by atoms with Crippen molar-refractivity contribution in [2.24, 2.45) is 0 Å². The van der Waals surface area contributed by atoms with Crippen molar-refractivity contribution in [2.45, 2.75) is 68.3 Å². The quantitative estimate of drug-likeness (QED) is 0.137. The van der Waals surface area contributed by atoms with Crippen LogP contribution in [-0.4, -0.2) is 121 Å². The van der Waals surface area contributed by atoms with Crippen LogP contribution in [0.3, 0.4) is 0 Å². The van der Waals surface area contributed by atoms with Crippen molar-refractivity contribution in [1.29, 1.82) is 0 Å². The SMILES string of the molecule is C[C@@H]1O[C@@H](O[C@H]2[C@H](Oc3c(-c4ccc(O)c(O)c4)oc4cc5c(c(O)c4c3=O)OCO5)O[C@H](CO)[C@@H](O)[C@@H]2O)[C@H](O)[C@H](O)[C@H]1O. The second kappa shape index (κ2) is 11.8. The van der Waals surface area contributed by atoms with E-state index in [0.717, 1.165) is 12.1 Å². The molecule has 17 heteroatoms. The van der Waals surface area contributed by atoms with E-state index in [4.69, 9.17) is 32.8 Å². The Bertz CT molecular complexity index is 1640. The van der Waals surface area contributed by atoms with E-state index in [-0.39, 0.29) is 35.2 Å². The Labute approximate surface area is 252 Å². The minimum Gasteiger partial charge on any atom is -0.504 e. The number of fused-ring (bicyclic) bond motifs is 2. The van der Waals surface area contributed by atoms with Gasteiger partial charge < -0.3 is 78.8 Å². The number of ether oxygens (including phenoxy) is 6. The van der Waals surface area contributed by atoms with Crippen molar-refractivity contribution in [3.8, 4) is 45.8 Å². The zero-order valence-corrected chi connectivity index (χ0v) is 23.3. The average Bonchev–Trinajstić information content (AvgIpc) is 3.49. The van der Waals surface area contributed by atoms with Gasteiger partial charge in [-0.2, -0.15) is 0 Å². The topological polar surface area (TPSA) is 268 Å². The van der Waals surface area contributed by atoms with Crippen LogP contribution in [0.15, 0.2) is 33.5 Å². The second-order valence-electron chi connectivity index (χ2n) is 10.7. The van der Waals surface area contributed by atoms with Crippen LogP contribution >= 0.6 is 0 Å². The number of hydrogen-bond donors (Lipinski definition) is 9. The monoisotopic (exact) mass is 638 g/mol. The highest BCUT2D eigenvalue weighted by Gasteiger charge is 2.51. The Balaban J connectivity index is 1.47. The maximum atomic E-state index is 14.0. The third-order valence-electron chi connectivity index (χ3n) is 7.85. The number of phenolic OH excluding ortho intramolecular Hbond substituents is 3. The lowest BCUT2D eigenvalue weighted by Crippen LogP contribution is -2.64. The minimum absolute atomic E-state index is 0.0130. The summed E-state index contributed by atoms with van der Waals surface area (Å²) in [6.45, 7) is 0.295. The van der Waals surface area contributed by atoms with Gasteiger partial charge in [-0.3, -0.25) is 4.79 Å². The van der Waals surface area contributed by atoms with E-state index in [1.165, 1.54) is 19.1 Å². The van der Waals surface area contributed by atoms with E-state index in [9.17, 15) is 50.8 Å². The molecule has 4 heterocycles. The zero-order chi connectivity index (χ0) is 32.3. The highest BCUT2D eigenvalue weighted by Crippen LogP contribution is 2.47. The average molecular weight is 639 g/mol. The smallest absolute Gasteiger partial charge is 0.239 e. The Morgan fingerprint density at radius 3 is 2.33 bits per heavy atom. The molecule has 10 atom stereocenters. The van der Waals surface area contributed by atoms with Gasteiger partial charge in [-0.1, -0.05) is 0 Å². The summed E-state index contributed by atoms with van der Waals surface area (Å²) < 4.78 is 39.2. The maximum absolute atomic E-state index is 14.0. The molecule has 1 aromatic heterocycles. The van der Waals surface area contributed by atoms with Gasteiger partial charge >= 0.3 is 0 Å². The predicted octanol–water partition coefficient (Wildman–Crippen LogP) is -1.66. The molecule has 244 valence electrons. The first-order valence-electron chi connectivity index (χ1n) is 13.7. The summed E-state index contributed by atoms with van der Waals surface area (Å²) >= 11 is 0. The van der Waals surface area contributed by atoms with E-state index in [2.05, 4.69) is 0 Å². The number of rotatable bonds is 6. The molecule has 0 radical (unpaired) electrons. The lowest BCUT2D eigenvalue weighted by molar-refractivity contribution is -0.354. The summed E-state index contributed by atoms with van der Waals surface area (Å²) in [5.74, 6) is -2.88. The van der Waals surface area contributed by atoms with Gasteiger partial charge in [-0.15, -0.1) is 0 Å². The van der Waals surface area contributed by atoms with E-state index in [0.29, 0.717) is 0 Å². The van der Waals surface area contributed by atoms with Crippen LogP contribution < -0.4 is 19.6 Å². The normalized spacial score (nSPS) is 33.0. The van der Waals surface area contributed by atoms with Crippen molar-refractivity contribution in [3.05, 3.63) is 34.5 Å². The molecule has 3 aliphatic rings. The molecule has 0 spiro atoms.